The van der Waals surface area contributed by atoms with Crippen molar-refractivity contribution in [3.63, 3.8) is 0 Å². The maximum absolute atomic E-state index is 6.11. The van der Waals surface area contributed by atoms with Crippen LogP contribution in [-0.2, 0) is 0 Å². The highest BCUT2D eigenvalue weighted by molar-refractivity contribution is 6.29. The molecule has 2 aliphatic rings. The quantitative estimate of drug-likeness (QED) is 0.546. The molecule has 0 heterocycles. The number of hydrogen-bond acceptors (Lipinski definition) is 0. The van der Waals surface area contributed by atoms with Gasteiger partial charge in [0.1, 0.15) is 0 Å². The molecule has 0 N–H and O–H groups in total. The SMILES string of the molecule is CC1(C)CCCCCC[C@@H]1C1CC=C(Cl)CC1. The standard InChI is InChI=1S/C16H27Cl/c1-16(2)12-6-4-3-5-7-15(16)13-8-10-14(17)11-9-13/h10,13,15H,3-9,11-12H2,1-2H3/t13?,15-/m1/s1. The average Bonchev–Trinajstić information content (AvgIpc) is 2.27. The molecule has 2 aliphatic carbocycles. The fourth-order valence-electron chi connectivity index (χ4n) is 3.94. The smallest absolute Gasteiger partial charge is 0.0141 e. The Hall–Kier alpha value is 0.0300. The van der Waals surface area contributed by atoms with Crippen molar-refractivity contribution in [2.45, 2.75) is 71.6 Å². The van der Waals surface area contributed by atoms with Crippen LogP contribution in [0.1, 0.15) is 71.6 Å². The van der Waals surface area contributed by atoms with E-state index in [2.05, 4.69) is 19.9 Å². The van der Waals surface area contributed by atoms with Gasteiger partial charge in [-0.3, -0.25) is 0 Å². The van der Waals surface area contributed by atoms with Gasteiger partial charge >= 0.3 is 0 Å². The van der Waals surface area contributed by atoms with Gasteiger partial charge in [0.05, 0.1) is 0 Å². The van der Waals surface area contributed by atoms with Crippen LogP contribution >= 0.6 is 11.6 Å². The molecule has 0 bridgehead atoms. The lowest BCUT2D eigenvalue weighted by atomic mass is 9.63. The lowest BCUT2D eigenvalue weighted by molar-refractivity contribution is 0.0943. The molecular weight excluding hydrogens is 228 g/mol. The molecule has 0 amide bonds. The predicted molar refractivity (Wildman–Crippen MR) is 76.3 cm³/mol. The van der Waals surface area contributed by atoms with Crippen LogP contribution in [0.3, 0.4) is 0 Å². The zero-order chi connectivity index (χ0) is 12.3. The Morgan fingerprint density at radius 1 is 1.12 bits per heavy atom. The fourth-order valence-corrected chi connectivity index (χ4v) is 4.13. The molecular formula is C16H27Cl. The van der Waals surface area contributed by atoms with Gasteiger partial charge in [-0.05, 0) is 49.4 Å². The third-order valence-electron chi connectivity index (χ3n) is 5.06. The van der Waals surface area contributed by atoms with E-state index in [0.29, 0.717) is 5.41 Å². The topological polar surface area (TPSA) is 0 Å². The Balaban J connectivity index is 2.04. The van der Waals surface area contributed by atoms with Crippen molar-refractivity contribution >= 4 is 11.6 Å². The van der Waals surface area contributed by atoms with Crippen LogP contribution in [0.15, 0.2) is 11.1 Å². The summed E-state index contributed by atoms with van der Waals surface area (Å²) in [6, 6.07) is 0. The first-order valence-corrected chi connectivity index (χ1v) is 7.82. The first-order chi connectivity index (χ1) is 8.09. The second-order valence-corrected chi connectivity index (χ2v) is 7.22. The minimum atomic E-state index is 0.544. The Labute approximate surface area is 112 Å². The zero-order valence-corrected chi connectivity index (χ0v) is 12.2. The van der Waals surface area contributed by atoms with Gasteiger partial charge in [-0.15, -0.1) is 0 Å². The third kappa shape index (κ3) is 3.50. The van der Waals surface area contributed by atoms with E-state index in [1.807, 2.05) is 0 Å². The summed E-state index contributed by atoms with van der Waals surface area (Å²) in [7, 11) is 0. The molecule has 1 saturated carbocycles. The maximum Gasteiger partial charge on any atom is 0.0141 e. The Kier molecular flexibility index (Phi) is 4.58. The molecule has 17 heavy (non-hydrogen) atoms. The Bertz CT molecular complexity index is 277. The number of halogens is 1. The van der Waals surface area contributed by atoms with Crippen molar-refractivity contribution in [1.82, 2.24) is 0 Å². The molecule has 2 atom stereocenters. The van der Waals surface area contributed by atoms with Crippen LogP contribution in [0.5, 0.6) is 0 Å². The largest absolute Gasteiger partial charge is 0.0895 e. The molecule has 2 rings (SSSR count). The molecule has 98 valence electrons. The van der Waals surface area contributed by atoms with E-state index < -0.39 is 0 Å². The molecule has 0 aliphatic heterocycles. The molecule has 0 aromatic heterocycles. The number of allylic oxidation sites excluding steroid dienone is 2. The molecule has 0 nitrogen and oxygen atoms in total. The second-order valence-electron chi connectivity index (χ2n) is 6.73. The summed E-state index contributed by atoms with van der Waals surface area (Å²) in [4.78, 5) is 0. The van der Waals surface area contributed by atoms with Gasteiger partial charge in [-0.1, -0.05) is 57.2 Å². The highest BCUT2D eigenvalue weighted by Crippen LogP contribution is 2.46. The van der Waals surface area contributed by atoms with E-state index in [-0.39, 0.29) is 0 Å². The van der Waals surface area contributed by atoms with Crippen molar-refractivity contribution in [2.24, 2.45) is 17.3 Å². The van der Waals surface area contributed by atoms with E-state index in [9.17, 15) is 0 Å². The van der Waals surface area contributed by atoms with Gasteiger partial charge in [0.25, 0.3) is 0 Å². The van der Waals surface area contributed by atoms with Crippen LogP contribution in [0.2, 0.25) is 0 Å². The van der Waals surface area contributed by atoms with Crippen LogP contribution in [0.25, 0.3) is 0 Å². The van der Waals surface area contributed by atoms with E-state index >= 15 is 0 Å². The molecule has 0 saturated heterocycles. The highest BCUT2D eigenvalue weighted by Gasteiger charge is 2.35. The summed E-state index contributed by atoms with van der Waals surface area (Å²) in [6.07, 6.45) is 14.6. The van der Waals surface area contributed by atoms with E-state index in [1.165, 1.54) is 51.4 Å². The third-order valence-corrected chi connectivity index (χ3v) is 5.40. The summed E-state index contributed by atoms with van der Waals surface area (Å²) in [5, 5.41) is 1.10. The molecule has 0 spiro atoms. The molecule has 0 aromatic carbocycles. The lowest BCUT2D eigenvalue weighted by Crippen LogP contribution is -2.32. The van der Waals surface area contributed by atoms with Crippen LogP contribution in [0.4, 0.5) is 0 Å². The molecule has 0 radical (unpaired) electrons. The molecule has 1 fully saturated rings. The minimum absolute atomic E-state index is 0.544. The fraction of sp³-hybridized carbons (Fsp3) is 0.875. The van der Waals surface area contributed by atoms with Crippen molar-refractivity contribution in [2.75, 3.05) is 0 Å². The van der Waals surface area contributed by atoms with Gasteiger partial charge in [0.15, 0.2) is 0 Å². The summed E-state index contributed by atoms with van der Waals surface area (Å²) in [5.74, 6) is 1.81. The normalized spacial score (nSPS) is 34.6. The lowest BCUT2D eigenvalue weighted by Gasteiger charge is -2.42. The predicted octanol–water partition coefficient (Wildman–Crippen LogP) is 5.91. The van der Waals surface area contributed by atoms with Crippen molar-refractivity contribution in [1.29, 1.82) is 0 Å². The molecule has 0 aromatic rings. The van der Waals surface area contributed by atoms with Crippen LogP contribution in [-0.4, -0.2) is 0 Å². The first kappa shape index (κ1) is 13.5. The summed E-state index contributed by atoms with van der Waals surface area (Å²) in [6.45, 7) is 5.01. The van der Waals surface area contributed by atoms with Gasteiger partial charge in [0, 0.05) is 5.03 Å². The second kappa shape index (κ2) is 5.78. The van der Waals surface area contributed by atoms with E-state index in [0.717, 1.165) is 23.3 Å². The van der Waals surface area contributed by atoms with E-state index in [1.54, 1.807) is 0 Å². The zero-order valence-electron chi connectivity index (χ0n) is 11.5. The van der Waals surface area contributed by atoms with Crippen LogP contribution in [0, 0.1) is 17.3 Å². The molecule has 1 unspecified atom stereocenters. The minimum Gasteiger partial charge on any atom is -0.0895 e. The van der Waals surface area contributed by atoms with Crippen LogP contribution < -0.4 is 0 Å². The summed E-state index contributed by atoms with van der Waals surface area (Å²) in [5.41, 5.74) is 0.544. The number of rotatable bonds is 1. The summed E-state index contributed by atoms with van der Waals surface area (Å²) >= 11 is 6.11. The average molecular weight is 255 g/mol. The van der Waals surface area contributed by atoms with Gasteiger partial charge in [-0.2, -0.15) is 0 Å². The van der Waals surface area contributed by atoms with Crippen molar-refractivity contribution in [3.8, 4) is 0 Å². The summed E-state index contributed by atoms with van der Waals surface area (Å²) < 4.78 is 0. The Morgan fingerprint density at radius 2 is 1.88 bits per heavy atom. The molecule has 1 heteroatoms. The van der Waals surface area contributed by atoms with Gasteiger partial charge in [-0.25, -0.2) is 0 Å². The maximum atomic E-state index is 6.11. The first-order valence-electron chi connectivity index (χ1n) is 7.44. The van der Waals surface area contributed by atoms with Crippen molar-refractivity contribution < 1.29 is 0 Å². The Morgan fingerprint density at radius 3 is 2.59 bits per heavy atom. The van der Waals surface area contributed by atoms with Gasteiger partial charge in [0.2, 0.25) is 0 Å². The van der Waals surface area contributed by atoms with E-state index in [4.69, 9.17) is 11.6 Å². The van der Waals surface area contributed by atoms with Crippen molar-refractivity contribution in [3.05, 3.63) is 11.1 Å². The monoisotopic (exact) mass is 254 g/mol. The van der Waals surface area contributed by atoms with Gasteiger partial charge < -0.3 is 0 Å². The highest BCUT2D eigenvalue weighted by atomic mass is 35.5. The number of hydrogen-bond donors (Lipinski definition) is 0.